The van der Waals surface area contributed by atoms with E-state index in [2.05, 4.69) is 5.32 Å². The van der Waals surface area contributed by atoms with Crippen molar-refractivity contribution < 1.29 is 23.5 Å². The van der Waals surface area contributed by atoms with Gasteiger partial charge >= 0.3 is 5.63 Å². The minimum atomic E-state index is -0.976. The van der Waals surface area contributed by atoms with E-state index in [0.29, 0.717) is 42.5 Å². The Kier molecular flexibility index (Phi) is 5.85. The quantitative estimate of drug-likeness (QED) is 0.609. The molecule has 0 atom stereocenters. The third-order valence-electron chi connectivity index (χ3n) is 6.55. The predicted octanol–water partition coefficient (Wildman–Crippen LogP) is 2.76. The number of aryl methyl sites for hydroxylation is 2. The summed E-state index contributed by atoms with van der Waals surface area (Å²) in [6.07, 6.45) is 4.91. The molecule has 2 aromatic heterocycles. The molecule has 0 aliphatic heterocycles. The number of carbonyl (C=O) groups is 2. The lowest BCUT2D eigenvalue weighted by atomic mass is 9.82. The highest BCUT2D eigenvalue weighted by atomic mass is 16.4. The molecule has 1 N–H and O–H groups in total. The summed E-state index contributed by atoms with van der Waals surface area (Å²) < 4.78 is 11.0. The molecule has 1 aliphatic carbocycles. The van der Waals surface area contributed by atoms with Gasteiger partial charge in [0.25, 0.3) is 0 Å². The topological polar surface area (TPSA) is 113 Å². The molecule has 31 heavy (non-hydrogen) atoms. The summed E-state index contributed by atoms with van der Waals surface area (Å²) in [6.45, 7) is 4.37. The molecule has 0 saturated heterocycles. The Morgan fingerprint density at radius 2 is 1.84 bits per heavy atom. The van der Waals surface area contributed by atoms with Crippen LogP contribution in [0.5, 0.6) is 0 Å². The minimum absolute atomic E-state index is 0.123. The number of furan rings is 1. The van der Waals surface area contributed by atoms with E-state index in [4.69, 9.17) is 8.83 Å². The predicted molar refractivity (Wildman–Crippen MR) is 114 cm³/mol. The Labute approximate surface area is 179 Å². The second-order valence-electron chi connectivity index (χ2n) is 8.60. The van der Waals surface area contributed by atoms with Crippen molar-refractivity contribution in [3.05, 3.63) is 45.5 Å². The van der Waals surface area contributed by atoms with Crippen molar-refractivity contribution in [3.8, 4) is 0 Å². The van der Waals surface area contributed by atoms with Gasteiger partial charge < -0.3 is 24.1 Å². The summed E-state index contributed by atoms with van der Waals surface area (Å²) >= 11 is 0. The number of amides is 1. The van der Waals surface area contributed by atoms with Crippen molar-refractivity contribution in [1.82, 2.24) is 5.32 Å². The van der Waals surface area contributed by atoms with Crippen LogP contribution in [0.4, 0.5) is 0 Å². The van der Waals surface area contributed by atoms with Gasteiger partial charge in [-0.3, -0.25) is 4.79 Å². The maximum Gasteiger partial charge on any atom is 0.339 e. The first kappa shape index (κ1) is 21.2. The standard InChI is InChI=1S/C24H27NO6/c1-13-12-30-20-10-21-19(9-18(13)20)14(2)17(24(29)31-21)7-8-22(26)25-11-15-3-5-16(6-4-15)23(27)28/h9-10,12,15-16H,3-8,11H2,1-2H3,(H,25,26)(H,27,28)/p-1. The first-order chi connectivity index (χ1) is 14.8. The van der Waals surface area contributed by atoms with Crippen LogP contribution in [0.25, 0.3) is 21.9 Å². The van der Waals surface area contributed by atoms with E-state index in [-0.39, 0.29) is 24.2 Å². The molecule has 1 amide bonds. The van der Waals surface area contributed by atoms with Crippen LogP contribution in [0.3, 0.4) is 0 Å². The van der Waals surface area contributed by atoms with Gasteiger partial charge in [0.15, 0.2) is 0 Å². The van der Waals surface area contributed by atoms with Crippen LogP contribution in [0.1, 0.15) is 48.8 Å². The first-order valence-corrected chi connectivity index (χ1v) is 10.7. The zero-order valence-electron chi connectivity index (χ0n) is 17.8. The lowest BCUT2D eigenvalue weighted by molar-refractivity contribution is -0.312. The SMILES string of the molecule is Cc1coc2cc3oc(=O)c(CCC(=O)NCC4CCC(C(=O)[O-])CC4)c(C)c3cc12. The fourth-order valence-electron chi connectivity index (χ4n) is 4.51. The Morgan fingerprint density at radius 3 is 2.55 bits per heavy atom. The van der Waals surface area contributed by atoms with Crippen LogP contribution < -0.4 is 16.0 Å². The number of carboxylic acids is 1. The summed E-state index contributed by atoms with van der Waals surface area (Å²) in [7, 11) is 0. The Bertz CT molecular complexity index is 1200. The average Bonchev–Trinajstić information content (AvgIpc) is 3.11. The number of hydrogen-bond acceptors (Lipinski definition) is 6. The second-order valence-corrected chi connectivity index (χ2v) is 8.60. The van der Waals surface area contributed by atoms with Gasteiger partial charge in [-0.15, -0.1) is 0 Å². The van der Waals surface area contributed by atoms with Crippen molar-refractivity contribution in [2.24, 2.45) is 11.8 Å². The van der Waals surface area contributed by atoms with Gasteiger partial charge in [0.2, 0.25) is 5.91 Å². The molecule has 0 unspecified atom stereocenters. The normalized spacial score (nSPS) is 19.0. The number of carboxylic acid groups (broad SMARTS) is 1. The molecule has 1 aromatic carbocycles. The maximum atomic E-state index is 12.5. The van der Waals surface area contributed by atoms with E-state index >= 15 is 0 Å². The van der Waals surface area contributed by atoms with E-state index in [1.165, 1.54) is 0 Å². The molecule has 1 saturated carbocycles. The Balaban J connectivity index is 1.40. The van der Waals surface area contributed by atoms with Gasteiger partial charge in [-0.05, 0) is 75.0 Å². The summed E-state index contributed by atoms with van der Waals surface area (Å²) in [6, 6.07) is 3.70. The van der Waals surface area contributed by atoms with Crippen LogP contribution in [-0.4, -0.2) is 18.4 Å². The molecule has 1 aliphatic rings. The van der Waals surface area contributed by atoms with Gasteiger partial charge in [-0.25, -0.2) is 4.79 Å². The van der Waals surface area contributed by atoms with E-state index in [1.807, 2.05) is 19.9 Å². The van der Waals surface area contributed by atoms with E-state index in [0.717, 1.165) is 34.7 Å². The lowest BCUT2D eigenvalue weighted by Crippen LogP contribution is -2.36. The Hall–Kier alpha value is -3.09. The molecular formula is C24H26NO6-. The Morgan fingerprint density at radius 1 is 1.10 bits per heavy atom. The highest BCUT2D eigenvalue weighted by Gasteiger charge is 2.22. The minimum Gasteiger partial charge on any atom is -0.550 e. The number of rotatable bonds is 6. The largest absolute Gasteiger partial charge is 0.550 e. The summed E-state index contributed by atoms with van der Waals surface area (Å²) in [5.74, 6) is -1.18. The van der Waals surface area contributed by atoms with Crippen LogP contribution in [0.15, 0.2) is 32.0 Å². The van der Waals surface area contributed by atoms with Crippen LogP contribution >= 0.6 is 0 Å². The van der Waals surface area contributed by atoms with Gasteiger partial charge in [-0.1, -0.05) is 0 Å². The molecule has 3 aromatic rings. The van der Waals surface area contributed by atoms with Crippen molar-refractivity contribution in [3.63, 3.8) is 0 Å². The third kappa shape index (κ3) is 4.36. The van der Waals surface area contributed by atoms with Gasteiger partial charge in [0.1, 0.15) is 11.2 Å². The number of carbonyl (C=O) groups excluding carboxylic acids is 2. The van der Waals surface area contributed by atoms with E-state index < -0.39 is 11.6 Å². The summed E-state index contributed by atoms with van der Waals surface area (Å²) in [5.41, 5.74) is 3.07. The fourth-order valence-corrected chi connectivity index (χ4v) is 4.51. The molecular weight excluding hydrogens is 398 g/mol. The van der Waals surface area contributed by atoms with Crippen molar-refractivity contribution in [2.45, 2.75) is 52.4 Å². The number of benzene rings is 1. The second kappa shape index (κ2) is 8.57. The molecule has 0 spiro atoms. The molecule has 2 heterocycles. The molecule has 7 heteroatoms. The molecule has 0 bridgehead atoms. The average molecular weight is 424 g/mol. The zero-order valence-corrected chi connectivity index (χ0v) is 17.8. The molecule has 7 nitrogen and oxygen atoms in total. The number of fused-ring (bicyclic) bond motifs is 2. The van der Waals surface area contributed by atoms with Crippen molar-refractivity contribution >= 4 is 33.8 Å². The van der Waals surface area contributed by atoms with E-state index in [9.17, 15) is 19.5 Å². The van der Waals surface area contributed by atoms with Gasteiger partial charge in [-0.2, -0.15) is 0 Å². The van der Waals surface area contributed by atoms with Gasteiger partial charge in [0.05, 0.1) is 6.26 Å². The van der Waals surface area contributed by atoms with Crippen molar-refractivity contribution in [2.75, 3.05) is 6.54 Å². The number of aliphatic carboxylic acids is 1. The smallest absolute Gasteiger partial charge is 0.339 e. The molecule has 4 rings (SSSR count). The molecule has 164 valence electrons. The van der Waals surface area contributed by atoms with Crippen LogP contribution in [0, 0.1) is 25.7 Å². The lowest BCUT2D eigenvalue weighted by Gasteiger charge is -2.29. The molecule has 0 radical (unpaired) electrons. The van der Waals surface area contributed by atoms with Crippen LogP contribution in [-0.2, 0) is 16.0 Å². The monoisotopic (exact) mass is 424 g/mol. The molecule has 1 fully saturated rings. The van der Waals surface area contributed by atoms with Gasteiger partial charge in [0, 0.05) is 41.3 Å². The highest BCUT2D eigenvalue weighted by molar-refractivity contribution is 5.96. The highest BCUT2D eigenvalue weighted by Crippen LogP contribution is 2.29. The summed E-state index contributed by atoms with van der Waals surface area (Å²) in [4.78, 5) is 35.8. The zero-order chi connectivity index (χ0) is 22.1. The van der Waals surface area contributed by atoms with Crippen molar-refractivity contribution in [1.29, 1.82) is 0 Å². The number of hydrogen-bond donors (Lipinski definition) is 1. The maximum absolute atomic E-state index is 12.5. The summed E-state index contributed by atoms with van der Waals surface area (Å²) in [5, 5.41) is 15.7. The number of nitrogens with one attached hydrogen (secondary N) is 1. The van der Waals surface area contributed by atoms with E-state index in [1.54, 1.807) is 12.3 Å². The first-order valence-electron chi connectivity index (χ1n) is 10.7. The van der Waals surface area contributed by atoms with Crippen LogP contribution in [0.2, 0.25) is 0 Å². The fraction of sp³-hybridized carbons (Fsp3) is 0.458. The third-order valence-corrected chi connectivity index (χ3v) is 6.55.